The molecule has 0 saturated heterocycles. The maximum absolute atomic E-state index is 11.8. The Kier molecular flexibility index (Phi) is 7.28. The summed E-state index contributed by atoms with van der Waals surface area (Å²) < 4.78 is 15.0. The Morgan fingerprint density at radius 2 is 1.79 bits per heavy atom. The molecule has 24 heavy (non-hydrogen) atoms. The summed E-state index contributed by atoms with van der Waals surface area (Å²) in [6, 6.07) is 4.20. The van der Waals surface area contributed by atoms with E-state index in [1.165, 1.54) is 21.3 Å². The van der Waals surface area contributed by atoms with Gasteiger partial charge in [0.1, 0.15) is 0 Å². The van der Waals surface area contributed by atoms with Crippen molar-refractivity contribution in [2.75, 3.05) is 21.3 Å². The summed E-state index contributed by atoms with van der Waals surface area (Å²) >= 11 is 0. The van der Waals surface area contributed by atoms with Gasteiger partial charge in [-0.3, -0.25) is 9.59 Å². The quantitative estimate of drug-likeness (QED) is 0.539. The fourth-order valence-electron chi connectivity index (χ4n) is 1.94. The largest absolute Gasteiger partial charge is 0.493 e. The van der Waals surface area contributed by atoms with E-state index in [0.29, 0.717) is 23.1 Å². The van der Waals surface area contributed by atoms with E-state index in [1.54, 1.807) is 18.2 Å². The Labute approximate surface area is 139 Å². The van der Waals surface area contributed by atoms with Crippen LogP contribution in [0.15, 0.2) is 30.4 Å². The molecule has 0 aliphatic carbocycles. The topological polar surface area (TPSA) is 111 Å². The maximum Gasteiger partial charge on any atom is 0.328 e. The molecule has 0 spiro atoms. The van der Waals surface area contributed by atoms with Gasteiger partial charge >= 0.3 is 11.9 Å². The van der Waals surface area contributed by atoms with Crippen LogP contribution in [0, 0.1) is 0 Å². The molecule has 0 radical (unpaired) electrons. The van der Waals surface area contributed by atoms with Crippen molar-refractivity contribution in [3.05, 3.63) is 35.9 Å². The molecule has 130 valence electrons. The molecule has 0 saturated carbocycles. The van der Waals surface area contributed by atoms with Gasteiger partial charge in [-0.1, -0.05) is 6.07 Å². The number of hydrogen-bond donors (Lipinski definition) is 2. The molecule has 1 atom stereocenters. The van der Waals surface area contributed by atoms with E-state index in [1.807, 2.05) is 0 Å². The molecule has 0 aromatic heterocycles. The van der Waals surface area contributed by atoms with Crippen LogP contribution in [0.1, 0.15) is 18.0 Å². The number of hydrogen-bond acceptors (Lipinski definition) is 6. The zero-order valence-corrected chi connectivity index (χ0v) is 13.6. The number of carboxylic acid groups (broad SMARTS) is 1. The number of carbonyl (C=O) groups is 3. The summed E-state index contributed by atoms with van der Waals surface area (Å²) in [6.45, 7) is 0. The third-order valence-corrected chi connectivity index (χ3v) is 3.10. The van der Waals surface area contributed by atoms with Crippen molar-refractivity contribution in [3.8, 4) is 11.5 Å². The second-order valence-corrected chi connectivity index (χ2v) is 4.63. The highest BCUT2D eigenvalue weighted by Gasteiger charge is 2.20. The van der Waals surface area contributed by atoms with Crippen LogP contribution in [0.25, 0.3) is 0 Å². The molecule has 0 bridgehead atoms. The number of nitrogens with one attached hydrogen (secondary N) is 1. The van der Waals surface area contributed by atoms with Gasteiger partial charge in [0.05, 0.1) is 33.8 Å². The van der Waals surface area contributed by atoms with Crippen LogP contribution in [0.3, 0.4) is 0 Å². The molecular weight excluding hydrogens is 318 g/mol. The maximum atomic E-state index is 11.8. The van der Waals surface area contributed by atoms with Crippen LogP contribution in [-0.4, -0.2) is 44.3 Å². The Bertz CT molecular complexity index is 639. The van der Waals surface area contributed by atoms with E-state index in [9.17, 15) is 14.4 Å². The number of carboxylic acids is 1. The molecular formula is C16H19NO7. The minimum atomic E-state index is -1.25. The molecule has 1 rings (SSSR count). The molecule has 8 nitrogen and oxygen atoms in total. The predicted molar refractivity (Wildman–Crippen MR) is 83.8 cm³/mol. The van der Waals surface area contributed by atoms with E-state index >= 15 is 0 Å². The van der Waals surface area contributed by atoms with Crippen LogP contribution in [0.2, 0.25) is 0 Å². The third kappa shape index (κ3) is 5.64. The first-order valence-electron chi connectivity index (χ1n) is 6.91. The third-order valence-electron chi connectivity index (χ3n) is 3.10. The molecule has 0 aliphatic rings. The van der Waals surface area contributed by atoms with E-state index in [4.69, 9.17) is 14.6 Å². The lowest BCUT2D eigenvalue weighted by molar-refractivity contribution is -0.141. The van der Waals surface area contributed by atoms with Crippen molar-refractivity contribution in [3.63, 3.8) is 0 Å². The Hall–Kier alpha value is -3.03. The van der Waals surface area contributed by atoms with Crippen molar-refractivity contribution in [1.82, 2.24) is 5.32 Å². The number of esters is 1. The smallest absolute Gasteiger partial charge is 0.328 e. The van der Waals surface area contributed by atoms with Crippen molar-refractivity contribution in [1.29, 1.82) is 0 Å². The van der Waals surface area contributed by atoms with Gasteiger partial charge in [0.2, 0.25) is 5.91 Å². The van der Waals surface area contributed by atoms with Crippen LogP contribution in [0.4, 0.5) is 0 Å². The number of methoxy groups -OCH3 is 3. The minimum absolute atomic E-state index is 0.126. The van der Waals surface area contributed by atoms with Gasteiger partial charge in [0.15, 0.2) is 11.5 Å². The minimum Gasteiger partial charge on any atom is -0.493 e. The average molecular weight is 337 g/mol. The van der Waals surface area contributed by atoms with Crippen LogP contribution in [0.5, 0.6) is 11.5 Å². The molecule has 0 fully saturated rings. The van der Waals surface area contributed by atoms with Gasteiger partial charge in [0, 0.05) is 12.2 Å². The fourth-order valence-corrected chi connectivity index (χ4v) is 1.94. The Morgan fingerprint density at radius 1 is 1.12 bits per heavy atom. The summed E-state index contributed by atoms with van der Waals surface area (Å²) in [6.07, 6.45) is 1.45. The first-order chi connectivity index (χ1) is 11.4. The first-order valence-corrected chi connectivity index (χ1v) is 6.91. The average Bonchev–Trinajstić information content (AvgIpc) is 2.58. The van der Waals surface area contributed by atoms with Gasteiger partial charge in [-0.25, -0.2) is 4.79 Å². The normalized spacial score (nSPS) is 11.6. The molecule has 0 heterocycles. The SMILES string of the molecule is COC(=O)CC(NC(=O)C=CC(=O)O)c1ccc(OC)c(OC)c1. The number of aliphatic carboxylic acids is 1. The summed E-state index contributed by atoms with van der Waals surface area (Å²) in [4.78, 5) is 33.9. The zero-order chi connectivity index (χ0) is 18.1. The Morgan fingerprint density at radius 3 is 2.33 bits per heavy atom. The molecule has 1 aromatic rings. The van der Waals surface area contributed by atoms with Crippen molar-refractivity contribution in [2.45, 2.75) is 12.5 Å². The monoisotopic (exact) mass is 337 g/mol. The second-order valence-electron chi connectivity index (χ2n) is 4.63. The lowest BCUT2D eigenvalue weighted by Gasteiger charge is -2.19. The predicted octanol–water partition coefficient (Wildman–Crippen LogP) is 1.06. The van der Waals surface area contributed by atoms with E-state index in [-0.39, 0.29) is 6.42 Å². The fraction of sp³-hybridized carbons (Fsp3) is 0.312. The summed E-state index contributed by atoms with van der Waals surface area (Å²) in [7, 11) is 4.19. The second kappa shape index (κ2) is 9.19. The number of rotatable bonds is 8. The molecule has 2 N–H and O–H groups in total. The molecule has 1 unspecified atom stereocenters. The van der Waals surface area contributed by atoms with Crippen molar-refractivity contribution < 1.29 is 33.7 Å². The number of amides is 1. The lowest BCUT2D eigenvalue weighted by Crippen LogP contribution is -2.29. The zero-order valence-electron chi connectivity index (χ0n) is 13.6. The van der Waals surface area contributed by atoms with Crippen molar-refractivity contribution in [2.24, 2.45) is 0 Å². The summed E-state index contributed by atoms with van der Waals surface area (Å²) in [5.41, 5.74) is 0.579. The van der Waals surface area contributed by atoms with E-state index in [0.717, 1.165) is 6.08 Å². The summed E-state index contributed by atoms with van der Waals surface area (Å²) in [5.74, 6) is -1.51. The van der Waals surface area contributed by atoms with Crippen LogP contribution < -0.4 is 14.8 Å². The van der Waals surface area contributed by atoms with Gasteiger partial charge in [0.25, 0.3) is 0 Å². The highest BCUT2D eigenvalue weighted by molar-refractivity contribution is 5.94. The first kappa shape index (κ1) is 19.0. The van der Waals surface area contributed by atoms with Crippen LogP contribution >= 0.6 is 0 Å². The Balaban J connectivity index is 3.07. The summed E-state index contributed by atoms with van der Waals surface area (Å²) in [5, 5.41) is 11.1. The molecule has 1 amide bonds. The standard InChI is InChI=1S/C16H19NO7/c1-22-12-5-4-10(8-13(12)23-2)11(9-16(21)24-3)17-14(18)6-7-15(19)20/h4-8,11H,9H2,1-3H3,(H,17,18)(H,19,20). The van der Waals surface area contributed by atoms with Gasteiger partial charge in [-0.2, -0.15) is 0 Å². The van der Waals surface area contributed by atoms with Gasteiger partial charge in [-0.15, -0.1) is 0 Å². The van der Waals surface area contributed by atoms with Crippen molar-refractivity contribution >= 4 is 17.8 Å². The van der Waals surface area contributed by atoms with E-state index in [2.05, 4.69) is 10.1 Å². The lowest BCUT2D eigenvalue weighted by atomic mass is 10.0. The number of carbonyl (C=O) groups excluding carboxylic acids is 2. The molecule has 8 heteroatoms. The van der Waals surface area contributed by atoms with Gasteiger partial charge < -0.3 is 24.6 Å². The number of ether oxygens (including phenoxy) is 3. The highest BCUT2D eigenvalue weighted by atomic mass is 16.5. The molecule has 1 aromatic carbocycles. The molecule has 0 aliphatic heterocycles. The number of benzene rings is 1. The van der Waals surface area contributed by atoms with Crippen LogP contribution in [-0.2, 0) is 19.1 Å². The highest BCUT2D eigenvalue weighted by Crippen LogP contribution is 2.31. The van der Waals surface area contributed by atoms with E-state index < -0.39 is 23.9 Å². The van der Waals surface area contributed by atoms with Gasteiger partial charge in [-0.05, 0) is 17.7 Å².